The summed E-state index contributed by atoms with van der Waals surface area (Å²) in [7, 11) is 0. The zero-order valence-corrected chi connectivity index (χ0v) is 25.7. The van der Waals surface area contributed by atoms with Gasteiger partial charge in [0.2, 0.25) is 0 Å². The Bertz CT molecular complexity index is 3530. The van der Waals surface area contributed by atoms with Gasteiger partial charge in [-0.15, -0.1) is 0 Å². The summed E-state index contributed by atoms with van der Waals surface area (Å²) in [4.78, 5) is 0. The van der Waals surface area contributed by atoms with Gasteiger partial charge in [-0.05, 0) is 83.5 Å². The third kappa shape index (κ3) is 4.33. The highest BCUT2D eigenvalue weighted by Gasteiger charge is 2.22. The molecule has 10 rings (SSSR count). The standard InChI is InChI=1S/C48H30O/c1-2-13-31(14-3-1)32-25-27-34(28-26-32)35-16-6-7-18-37(35)45-38-19-8-10-21-40(38)46(41-22-11-9-20-39(41)45)42-23-12-24-44-47(42)43-30-29-33-15-4-5-17-36(33)48(43)49-44/h1-30H/i4D,5D,12D,15D,17D,23D,24D,25D,26D,27D,28D,29D,30D. The summed E-state index contributed by atoms with van der Waals surface area (Å²) in [5.74, 6) is 0. The normalized spacial score (nSPS) is 15.4. The first kappa shape index (κ1) is 17.6. The van der Waals surface area contributed by atoms with E-state index in [2.05, 4.69) is 0 Å². The molecule has 228 valence electrons. The molecule has 0 aliphatic carbocycles. The lowest BCUT2D eigenvalue weighted by molar-refractivity contribution is 0.673. The fourth-order valence-corrected chi connectivity index (χ4v) is 6.96. The number of hydrogen-bond donors (Lipinski definition) is 0. The van der Waals surface area contributed by atoms with Crippen molar-refractivity contribution in [3.05, 3.63) is 182 Å². The molecule has 0 aliphatic heterocycles. The van der Waals surface area contributed by atoms with Crippen LogP contribution in [0.15, 0.2) is 186 Å². The molecule has 1 aromatic heterocycles. The zero-order chi connectivity index (χ0) is 43.6. The fourth-order valence-electron chi connectivity index (χ4n) is 6.96. The van der Waals surface area contributed by atoms with Gasteiger partial charge in [-0.2, -0.15) is 0 Å². The summed E-state index contributed by atoms with van der Waals surface area (Å²) in [5.41, 5.74) is 2.92. The second kappa shape index (κ2) is 11.1. The van der Waals surface area contributed by atoms with Crippen LogP contribution in [0.5, 0.6) is 0 Å². The molecular weight excluding hydrogens is 593 g/mol. The molecule has 0 fully saturated rings. The molecule has 0 unspecified atom stereocenters. The van der Waals surface area contributed by atoms with Crippen LogP contribution < -0.4 is 0 Å². The lowest BCUT2D eigenvalue weighted by atomic mass is 9.83. The van der Waals surface area contributed by atoms with Crippen LogP contribution in [0.3, 0.4) is 0 Å². The Kier molecular flexibility index (Phi) is 3.99. The van der Waals surface area contributed by atoms with Crippen LogP contribution in [-0.2, 0) is 0 Å². The van der Waals surface area contributed by atoms with Crippen molar-refractivity contribution in [3.63, 3.8) is 0 Å². The van der Waals surface area contributed by atoms with E-state index in [9.17, 15) is 5.48 Å². The van der Waals surface area contributed by atoms with E-state index in [1.54, 1.807) is 36.4 Å². The van der Waals surface area contributed by atoms with Gasteiger partial charge in [0.25, 0.3) is 0 Å². The first-order chi connectivity index (χ1) is 29.8. The summed E-state index contributed by atoms with van der Waals surface area (Å²) >= 11 is 0. The molecular formula is C48H30O. The van der Waals surface area contributed by atoms with E-state index >= 15 is 0 Å². The van der Waals surface area contributed by atoms with Crippen molar-refractivity contribution >= 4 is 54.3 Å². The van der Waals surface area contributed by atoms with E-state index < -0.39 is 48.3 Å². The van der Waals surface area contributed by atoms with Gasteiger partial charge in [-0.1, -0.05) is 170 Å². The van der Waals surface area contributed by atoms with Crippen molar-refractivity contribution in [3.8, 4) is 44.5 Å². The highest BCUT2D eigenvalue weighted by Crippen LogP contribution is 2.48. The Morgan fingerprint density at radius 2 is 0.959 bits per heavy atom. The Labute approximate surface area is 302 Å². The van der Waals surface area contributed by atoms with Crippen molar-refractivity contribution in [1.82, 2.24) is 0 Å². The van der Waals surface area contributed by atoms with Crippen molar-refractivity contribution < 1.29 is 22.2 Å². The summed E-state index contributed by atoms with van der Waals surface area (Å²) in [6.07, 6.45) is 0. The van der Waals surface area contributed by atoms with Gasteiger partial charge in [-0.25, -0.2) is 0 Å². The summed E-state index contributed by atoms with van der Waals surface area (Å²) in [6.45, 7) is 0. The summed E-state index contributed by atoms with van der Waals surface area (Å²) < 4.78 is 123. The Morgan fingerprint density at radius 3 is 1.67 bits per heavy atom. The van der Waals surface area contributed by atoms with E-state index in [1.165, 1.54) is 0 Å². The maximum Gasteiger partial charge on any atom is 0.143 e. The Morgan fingerprint density at radius 1 is 0.367 bits per heavy atom. The van der Waals surface area contributed by atoms with Gasteiger partial charge in [0.15, 0.2) is 0 Å². The van der Waals surface area contributed by atoms with Gasteiger partial charge < -0.3 is 4.42 Å². The molecule has 1 nitrogen and oxygen atoms in total. The predicted octanol–water partition coefficient (Wildman–Crippen LogP) is 13.7. The van der Waals surface area contributed by atoms with Gasteiger partial charge in [0.05, 0.1) is 17.8 Å². The fraction of sp³-hybridized carbons (Fsp3) is 0. The second-order valence-corrected chi connectivity index (χ2v) is 11.8. The minimum atomic E-state index is -0.573. The third-order valence-electron chi connectivity index (χ3n) is 9.08. The highest BCUT2D eigenvalue weighted by molar-refractivity contribution is 6.27. The maximum absolute atomic E-state index is 9.52. The number of fused-ring (bicyclic) bond motifs is 7. The van der Waals surface area contributed by atoms with E-state index in [0.717, 1.165) is 0 Å². The maximum atomic E-state index is 9.52. The van der Waals surface area contributed by atoms with Crippen molar-refractivity contribution in [2.45, 2.75) is 0 Å². The molecule has 0 saturated heterocycles. The molecule has 0 bridgehead atoms. The number of benzene rings is 9. The number of furan rings is 1. The van der Waals surface area contributed by atoms with Gasteiger partial charge in [0, 0.05) is 16.2 Å². The minimum Gasteiger partial charge on any atom is -0.455 e. The Balaban J connectivity index is 1.35. The molecule has 0 atom stereocenters. The zero-order valence-electron chi connectivity index (χ0n) is 38.7. The molecule has 1 heteroatoms. The van der Waals surface area contributed by atoms with Crippen LogP contribution in [0.2, 0.25) is 0 Å². The lowest BCUT2D eigenvalue weighted by Gasteiger charge is -2.20. The van der Waals surface area contributed by atoms with Gasteiger partial charge in [-0.3, -0.25) is 0 Å². The molecule has 9 aromatic carbocycles. The van der Waals surface area contributed by atoms with Crippen LogP contribution in [0, 0.1) is 0 Å². The second-order valence-electron chi connectivity index (χ2n) is 11.8. The number of rotatable bonds is 4. The topological polar surface area (TPSA) is 13.1 Å². The van der Waals surface area contributed by atoms with Crippen LogP contribution in [0.1, 0.15) is 17.8 Å². The first-order valence-electron chi connectivity index (χ1n) is 22.3. The highest BCUT2D eigenvalue weighted by atomic mass is 16.3. The molecule has 49 heavy (non-hydrogen) atoms. The van der Waals surface area contributed by atoms with Crippen LogP contribution in [-0.4, -0.2) is 0 Å². The van der Waals surface area contributed by atoms with E-state index in [4.69, 9.17) is 16.8 Å². The molecule has 0 N–H and O–H groups in total. The third-order valence-corrected chi connectivity index (χ3v) is 9.08. The van der Waals surface area contributed by atoms with E-state index in [1.807, 2.05) is 66.7 Å². The molecule has 0 saturated carbocycles. The predicted molar refractivity (Wildman–Crippen MR) is 208 cm³/mol. The van der Waals surface area contributed by atoms with Crippen LogP contribution in [0.4, 0.5) is 0 Å². The monoisotopic (exact) mass is 635 g/mol. The van der Waals surface area contributed by atoms with Crippen LogP contribution >= 0.6 is 0 Å². The molecule has 10 aromatic rings. The van der Waals surface area contributed by atoms with Crippen molar-refractivity contribution in [1.29, 1.82) is 0 Å². The molecule has 0 aliphatic rings. The van der Waals surface area contributed by atoms with E-state index in [0.29, 0.717) is 49.4 Å². The van der Waals surface area contributed by atoms with E-state index in [-0.39, 0.29) is 79.6 Å². The quantitative estimate of drug-likeness (QED) is 0.175. The Hall–Kier alpha value is -6.44. The van der Waals surface area contributed by atoms with Crippen LogP contribution in [0.25, 0.3) is 98.8 Å². The molecule has 1 heterocycles. The van der Waals surface area contributed by atoms with Gasteiger partial charge >= 0.3 is 0 Å². The largest absolute Gasteiger partial charge is 0.455 e. The average Bonchev–Trinajstić information content (AvgIpc) is 3.68. The first-order valence-corrected chi connectivity index (χ1v) is 15.8. The summed E-state index contributed by atoms with van der Waals surface area (Å²) in [5, 5.41) is 2.23. The average molecular weight is 636 g/mol. The molecule has 0 spiro atoms. The minimum absolute atomic E-state index is 0.0237. The SMILES string of the molecule is [2H]c1c([2H])c(-c2ccccc2-c2c3ccccc3c(-c3c([2H])c([2H])c([2H])c4oc5c6c([2H])c([2H])c([2H])c([2H])c6c([2H])c([2H])c5c34)c3ccccc23)c([2H])c([2H])c1-c1ccccc1. The molecule has 0 radical (unpaired) electrons. The summed E-state index contributed by atoms with van der Waals surface area (Å²) in [6, 6.07) is 25.9. The smallest absolute Gasteiger partial charge is 0.143 e. The number of hydrogen-bond acceptors (Lipinski definition) is 1. The van der Waals surface area contributed by atoms with Gasteiger partial charge in [0.1, 0.15) is 11.2 Å². The lowest BCUT2D eigenvalue weighted by Crippen LogP contribution is -1.93. The molecule has 0 amide bonds. The van der Waals surface area contributed by atoms with Crippen molar-refractivity contribution in [2.24, 2.45) is 0 Å². The van der Waals surface area contributed by atoms with Crippen molar-refractivity contribution in [2.75, 3.05) is 0 Å².